The molecule has 1 aliphatic heterocycles. The molecule has 0 radical (unpaired) electrons. The van der Waals surface area contributed by atoms with Crippen LogP contribution in [0.2, 0.25) is 0 Å². The van der Waals surface area contributed by atoms with Gasteiger partial charge in [0.25, 0.3) is 0 Å². The number of hydrogen-bond donors (Lipinski definition) is 2. The van der Waals surface area contributed by atoms with Gasteiger partial charge in [0, 0.05) is 31.5 Å². The highest BCUT2D eigenvalue weighted by Crippen LogP contribution is 2.14. The summed E-state index contributed by atoms with van der Waals surface area (Å²) in [6, 6.07) is 1.95. The fourth-order valence-corrected chi connectivity index (χ4v) is 1.92. The Balaban J connectivity index is 1.94. The lowest BCUT2D eigenvalue weighted by molar-refractivity contribution is 0.120. The van der Waals surface area contributed by atoms with Crippen LogP contribution in [0.4, 0.5) is 11.8 Å². The van der Waals surface area contributed by atoms with Gasteiger partial charge in [-0.3, -0.25) is 0 Å². The van der Waals surface area contributed by atoms with E-state index >= 15 is 0 Å². The number of nitrogens with one attached hydrogen (secondary N) is 2. The van der Waals surface area contributed by atoms with E-state index in [0.29, 0.717) is 12.1 Å². The summed E-state index contributed by atoms with van der Waals surface area (Å²) in [6.45, 7) is 6.54. The maximum absolute atomic E-state index is 5.56. The predicted molar refractivity (Wildman–Crippen MR) is 68.4 cm³/mol. The van der Waals surface area contributed by atoms with E-state index in [9.17, 15) is 0 Å². The molecule has 0 saturated carbocycles. The Morgan fingerprint density at radius 1 is 1.41 bits per heavy atom. The molecule has 0 aromatic carbocycles. The first kappa shape index (κ1) is 12.1. The van der Waals surface area contributed by atoms with Gasteiger partial charge in [0.05, 0.1) is 6.10 Å². The monoisotopic (exact) mass is 236 g/mol. The van der Waals surface area contributed by atoms with Crippen LogP contribution in [0.1, 0.15) is 25.5 Å². The van der Waals surface area contributed by atoms with E-state index in [1.165, 1.54) is 0 Å². The van der Waals surface area contributed by atoms with Crippen molar-refractivity contribution in [1.29, 1.82) is 0 Å². The molecule has 2 N–H and O–H groups in total. The molecule has 1 fully saturated rings. The molecular weight excluding hydrogens is 216 g/mol. The molecule has 2 heterocycles. The van der Waals surface area contributed by atoms with Gasteiger partial charge in [0.1, 0.15) is 5.82 Å². The summed E-state index contributed by atoms with van der Waals surface area (Å²) < 4.78 is 5.56. The highest BCUT2D eigenvalue weighted by atomic mass is 16.5. The van der Waals surface area contributed by atoms with E-state index in [4.69, 9.17) is 4.74 Å². The lowest BCUT2D eigenvalue weighted by Crippen LogP contribution is -2.19. The second-order valence-electron chi connectivity index (χ2n) is 4.26. The number of hydrogen-bond acceptors (Lipinski definition) is 5. The number of anilines is 2. The average molecular weight is 236 g/mol. The minimum Gasteiger partial charge on any atom is -0.376 e. The summed E-state index contributed by atoms with van der Waals surface area (Å²) in [5, 5.41) is 6.43. The van der Waals surface area contributed by atoms with Gasteiger partial charge in [-0.05, 0) is 26.7 Å². The summed E-state index contributed by atoms with van der Waals surface area (Å²) in [4.78, 5) is 8.71. The average Bonchev–Trinajstić information content (AvgIpc) is 2.79. The van der Waals surface area contributed by atoms with Crippen LogP contribution in [0.15, 0.2) is 6.07 Å². The van der Waals surface area contributed by atoms with Crippen molar-refractivity contribution < 1.29 is 4.74 Å². The molecule has 2 rings (SSSR count). The number of aryl methyl sites for hydroxylation is 1. The Bertz CT molecular complexity index is 364. The lowest BCUT2D eigenvalue weighted by atomic mass is 10.2. The smallest absolute Gasteiger partial charge is 0.224 e. The minimum atomic E-state index is 0.327. The van der Waals surface area contributed by atoms with Crippen molar-refractivity contribution in [1.82, 2.24) is 9.97 Å². The third-order valence-corrected chi connectivity index (χ3v) is 2.72. The zero-order chi connectivity index (χ0) is 12.1. The third kappa shape index (κ3) is 3.56. The molecule has 0 amide bonds. The van der Waals surface area contributed by atoms with Crippen LogP contribution in [0.25, 0.3) is 0 Å². The summed E-state index contributed by atoms with van der Waals surface area (Å²) in [5.74, 6) is 1.55. The number of aromatic nitrogens is 2. The number of rotatable bonds is 5. The van der Waals surface area contributed by atoms with Crippen LogP contribution in [0, 0.1) is 6.92 Å². The molecule has 94 valence electrons. The first-order valence-corrected chi connectivity index (χ1v) is 6.23. The molecule has 1 aromatic rings. The highest BCUT2D eigenvalue weighted by Gasteiger charge is 2.15. The van der Waals surface area contributed by atoms with Crippen LogP contribution in [-0.2, 0) is 4.74 Å². The van der Waals surface area contributed by atoms with E-state index in [2.05, 4.69) is 20.6 Å². The Hall–Kier alpha value is -1.36. The van der Waals surface area contributed by atoms with E-state index in [1.54, 1.807) is 0 Å². The maximum atomic E-state index is 5.56. The van der Waals surface area contributed by atoms with Gasteiger partial charge in [0.2, 0.25) is 5.95 Å². The highest BCUT2D eigenvalue weighted by molar-refractivity contribution is 5.42. The van der Waals surface area contributed by atoms with Crippen molar-refractivity contribution in [2.45, 2.75) is 32.8 Å². The van der Waals surface area contributed by atoms with Crippen LogP contribution >= 0.6 is 0 Å². The summed E-state index contributed by atoms with van der Waals surface area (Å²) in [5.41, 5.74) is 0.964. The molecule has 5 nitrogen and oxygen atoms in total. The van der Waals surface area contributed by atoms with Crippen LogP contribution in [-0.4, -0.2) is 35.8 Å². The van der Waals surface area contributed by atoms with Crippen LogP contribution < -0.4 is 10.6 Å². The van der Waals surface area contributed by atoms with Gasteiger partial charge in [-0.2, -0.15) is 4.98 Å². The molecular formula is C12H20N4O. The van der Waals surface area contributed by atoms with E-state index in [-0.39, 0.29) is 0 Å². The Labute approximate surface area is 102 Å². The Morgan fingerprint density at radius 2 is 2.29 bits per heavy atom. The SMILES string of the molecule is CCNc1nc(C)cc(NCC2CCCO2)n1. The standard InChI is InChI=1S/C12H20N4O/c1-3-13-12-15-9(2)7-11(16-12)14-8-10-5-4-6-17-10/h7,10H,3-6,8H2,1-2H3,(H2,13,14,15,16). The largest absolute Gasteiger partial charge is 0.376 e. The predicted octanol–water partition coefficient (Wildman–Crippen LogP) is 1.81. The van der Waals surface area contributed by atoms with Gasteiger partial charge in [-0.15, -0.1) is 0 Å². The molecule has 17 heavy (non-hydrogen) atoms. The molecule has 1 unspecified atom stereocenters. The first-order valence-electron chi connectivity index (χ1n) is 6.23. The fourth-order valence-electron chi connectivity index (χ4n) is 1.92. The Kier molecular flexibility index (Phi) is 4.14. The quantitative estimate of drug-likeness (QED) is 0.816. The van der Waals surface area contributed by atoms with E-state index in [0.717, 1.165) is 44.0 Å². The summed E-state index contributed by atoms with van der Waals surface area (Å²) in [7, 11) is 0. The summed E-state index contributed by atoms with van der Waals surface area (Å²) in [6.07, 6.45) is 2.63. The Morgan fingerprint density at radius 3 is 3.00 bits per heavy atom. The normalized spacial score (nSPS) is 19.3. The van der Waals surface area contributed by atoms with Crippen LogP contribution in [0.5, 0.6) is 0 Å². The van der Waals surface area contributed by atoms with Crippen molar-refractivity contribution >= 4 is 11.8 Å². The first-order chi connectivity index (χ1) is 8.28. The third-order valence-electron chi connectivity index (χ3n) is 2.72. The van der Waals surface area contributed by atoms with E-state index < -0.39 is 0 Å². The number of nitrogens with zero attached hydrogens (tertiary/aromatic N) is 2. The van der Waals surface area contributed by atoms with Crippen molar-refractivity contribution in [2.24, 2.45) is 0 Å². The van der Waals surface area contributed by atoms with Crippen molar-refractivity contribution in [3.8, 4) is 0 Å². The van der Waals surface area contributed by atoms with Crippen molar-refractivity contribution in [3.63, 3.8) is 0 Å². The van der Waals surface area contributed by atoms with Gasteiger partial charge in [-0.1, -0.05) is 0 Å². The maximum Gasteiger partial charge on any atom is 0.224 e. The van der Waals surface area contributed by atoms with Crippen LogP contribution in [0.3, 0.4) is 0 Å². The van der Waals surface area contributed by atoms with Gasteiger partial charge >= 0.3 is 0 Å². The molecule has 1 atom stereocenters. The van der Waals surface area contributed by atoms with Gasteiger partial charge in [0.15, 0.2) is 0 Å². The molecule has 5 heteroatoms. The molecule has 1 aromatic heterocycles. The molecule has 0 aliphatic carbocycles. The topological polar surface area (TPSA) is 59.1 Å². The number of ether oxygens (including phenoxy) is 1. The molecule has 1 saturated heterocycles. The zero-order valence-corrected chi connectivity index (χ0v) is 10.5. The second kappa shape index (κ2) is 5.82. The molecule has 0 bridgehead atoms. The summed E-state index contributed by atoms with van der Waals surface area (Å²) >= 11 is 0. The lowest BCUT2D eigenvalue weighted by Gasteiger charge is -2.12. The van der Waals surface area contributed by atoms with Crippen molar-refractivity contribution in [2.75, 3.05) is 30.3 Å². The molecule has 1 aliphatic rings. The zero-order valence-electron chi connectivity index (χ0n) is 10.5. The second-order valence-corrected chi connectivity index (χ2v) is 4.26. The van der Waals surface area contributed by atoms with Gasteiger partial charge < -0.3 is 15.4 Å². The van der Waals surface area contributed by atoms with E-state index in [1.807, 2.05) is 19.9 Å². The fraction of sp³-hybridized carbons (Fsp3) is 0.667. The van der Waals surface area contributed by atoms with Gasteiger partial charge in [-0.25, -0.2) is 4.98 Å². The minimum absolute atomic E-state index is 0.327. The molecule has 0 spiro atoms. The van der Waals surface area contributed by atoms with Crippen molar-refractivity contribution in [3.05, 3.63) is 11.8 Å².